The number of carbonyl (C=O) groups is 2. The van der Waals surface area contributed by atoms with Crippen molar-refractivity contribution < 1.29 is 19.2 Å². The molecule has 0 heterocycles. The Morgan fingerprint density at radius 2 is 2.05 bits per heavy atom. The van der Waals surface area contributed by atoms with Gasteiger partial charge in [-0.25, -0.2) is 0 Å². The number of nitrogens with zero attached hydrogens (tertiary/aromatic N) is 1. The number of amides is 1. The second-order valence-electron chi connectivity index (χ2n) is 3.99. The van der Waals surface area contributed by atoms with Crippen LogP contribution in [0.5, 0.6) is 0 Å². The van der Waals surface area contributed by atoms with Crippen LogP contribution >= 0.6 is 11.6 Å². The lowest BCUT2D eigenvalue weighted by molar-refractivity contribution is -0.384. The molecule has 8 heteroatoms. The average Bonchev–Trinajstić information content (AvgIpc) is 2.30. The third kappa shape index (κ3) is 4.51. The summed E-state index contributed by atoms with van der Waals surface area (Å²) >= 11 is 5.79. The molecule has 0 aliphatic carbocycles. The molecule has 0 unspecified atom stereocenters. The lowest BCUT2D eigenvalue weighted by atomic mass is 10.1. The molecule has 108 valence electrons. The van der Waals surface area contributed by atoms with Gasteiger partial charge >= 0.3 is 5.97 Å². The van der Waals surface area contributed by atoms with E-state index < -0.39 is 10.9 Å². The van der Waals surface area contributed by atoms with Crippen molar-refractivity contribution in [2.24, 2.45) is 0 Å². The second-order valence-corrected chi connectivity index (χ2v) is 4.40. The molecule has 1 aromatic carbocycles. The molecule has 7 nitrogen and oxygen atoms in total. The van der Waals surface area contributed by atoms with Gasteiger partial charge in [0.05, 0.1) is 11.5 Å². The molecule has 0 radical (unpaired) electrons. The Balaban J connectivity index is 3.07. The van der Waals surface area contributed by atoms with Gasteiger partial charge in [0, 0.05) is 32.0 Å². The van der Waals surface area contributed by atoms with Gasteiger partial charge in [0.25, 0.3) is 5.69 Å². The summed E-state index contributed by atoms with van der Waals surface area (Å²) in [7, 11) is 0. The van der Waals surface area contributed by atoms with E-state index in [2.05, 4.69) is 5.32 Å². The molecule has 1 rings (SSSR count). The second kappa shape index (κ2) is 6.85. The fourth-order valence-electron chi connectivity index (χ4n) is 1.56. The molecule has 0 bridgehead atoms. The van der Waals surface area contributed by atoms with Crippen molar-refractivity contribution in [1.29, 1.82) is 0 Å². The van der Waals surface area contributed by atoms with E-state index in [0.29, 0.717) is 11.3 Å². The van der Waals surface area contributed by atoms with E-state index in [1.807, 2.05) is 0 Å². The summed E-state index contributed by atoms with van der Waals surface area (Å²) in [5, 5.41) is 13.3. The summed E-state index contributed by atoms with van der Waals surface area (Å²) in [6.45, 7) is 2.63. The normalized spacial score (nSPS) is 9.95. The van der Waals surface area contributed by atoms with Crippen LogP contribution in [0.25, 0.3) is 0 Å². The quantitative estimate of drug-likeness (QED) is 0.511. The first-order chi connectivity index (χ1) is 9.31. The van der Waals surface area contributed by atoms with Gasteiger partial charge in [-0.2, -0.15) is 0 Å². The molecule has 1 aromatic rings. The number of carbonyl (C=O) groups excluding carboxylic acids is 2. The zero-order valence-electron chi connectivity index (χ0n) is 10.9. The first-order valence-electron chi connectivity index (χ1n) is 5.69. The topological polar surface area (TPSA) is 98.5 Å². The van der Waals surface area contributed by atoms with Crippen LogP contribution in [-0.2, 0) is 20.7 Å². The number of nitro benzene ring substituents is 1. The van der Waals surface area contributed by atoms with E-state index in [-0.39, 0.29) is 29.6 Å². The highest BCUT2D eigenvalue weighted by atomic mass is 35.5. The molecular formula is C12H13ClN2O5. The average molecular weight is 301 g/mol. The van der Waals surface area contributed by atoms with Crippen molar-refractivity contribution in [2.45, 2.75) is 20.3 Å². The molecule has 1 N–H and O–H groups in total. The maximum absolute atomic E-state index is 11.1. The van der Waals surface area contributed by atoms with Crippen LogP contribution in [-0.4, -0.2) is 23.4 Å². The molecule has 0 saturated heterocycles. The molecule has 0 saturated carbocycles. The van der Waals surface area contributed by atoms with Crippen molar-refractivity contribution in [3.05, 3.63) is 32.8 Å². The zero-order valence-corrected chi connectivity index (χ0v) is 11.7. The molecule has 0 aromatic heterocycles. The SMILES string of the molecule is CC(=O)Nc1cc(Cl)c([N+](=O)[O-])cc1CCOC(C)=O. The predicted octanol–water partition coefficient (Wildman–Crippen LogP) is 2.31. The van der Waals surface area contributed by atoms with Gasteiger partial charge in [-0.05, 0) is 11.6 Å². The first-order valence-corrected chi connectivity index (χ1v) is 6.07. The summed E-state index contributed by atoms with van der Waals surface area (Å²) in [6, 6.07) is 2.57. The Labute approximate surface area is 120 Å². The number of hydrogen-bond acceptors (Lipinski definition) is 5. The number of ether oxygens (including phenoxy) is 1. The summed E-state index contributed by atoms with van der Waals surface area (Å²) in [5.41, 5.74) is 0.566. The van der Waals surface area contributed by atoms with Crippen LogP contribution in [0.15, 0.2) is 12.1 Å². The monoisotopic (exact) mass is 300 g/mol. The standard InChI is InChI=1S/C12H13ClN2O5/c1-7(16)14-11-6-10(13)12(15(18)19)5-9(11)3-4-20-8(2)17/h5-6H,3-4H2,1-2H3,(H,14,16). The van der Waals surface area contributed by atoms with Crippen molar-refractivity contribution in [1.82, 2.24) is 0 Å². The molecule has 0 fully saturated rings. The van der Waals surface area contributed by atoms with Crippen LogP contribution in [0.4, 0.5) is 11.4 Å². The summed E-state index contributed by atoms with van der Waals surface area (Å²) < 4.78 is 4.78. The maximum Gasteiger partial charge on any atom is 0.302 e. The highest BCUT2D eigenvalue weighted by Gasteiger charge is 2.17. The number of benzene rings is 1. The summed E-state index contributed by atoms with van der Waals surface area (Å²) in [6.07, 6.45) is 0.229. The van der Waals surface area contributed by atoms with Crippen LogP contribution in [0, 0.1) is 10.1 Å². The van der Waals surface area contributed by atoms with Gasteiger partial charge in [0.2, 0.25) is 5.91 Å². The third-order valence-corrected chi connectivity index (χ3v) is 2.66. The molecule has 0 spiro atoms. The number of nitro groups is 1. The minimum Gasteiger partial charge on any atom is -0.466 e. The molecule has 20 heavy (non-hydrogen) atoms. The minimum atomic E-state index is -0.616. The molecule has 0 aliphatic rings. The molecule has 0 aliphatic heterocycles. The van der Waals surface area contributed by atoms with E-state index in [0.717, 1.165) is 0 Å². The Bertz CT molecular complexity index is 559. The van der Waals surface area contributed by atoms with Crippen molar-refractivity contribution in [3.8, 4) is 0 Å². The van der Waals surface area contributed by atoms with Gasteiger partial charge in [-0.15, -0.1) is 0 Å². The summed E-state index contributed by atoms with van der Waals surface area (Å²) in [4.78, 5) is 32.0. The van der Waals surface area contributed by atoms with E-state index in [9.17, 15) is 19.7 Å². The summed E-state index contributed by atoms with van der Waals surface area (Å²) in [5.74, 6) is -0.779. The lowest BCUT2D eigenvalue weighted by Crippen LogP contribution is -2.11. The third-order valence-electron chi connectivity index (χ3n) is 2.36. The van der Waals surface area contributed by atoms with Crippen LogP contribution < -0.4 is 5.32 Å². The van der Waals surface area contributed by atoms with Gasteiger partial charge in [0.1, 0.15) is 5.02 Å². The van der Waals surface area contributed by atoms with Gasteiger partial charge in [0.15, 0.2) is 0 Å². The number of nitrogens with one attached hydrogen (secondary N) is 1. The van der Waals surface area contributed by atoms with Crippen molar-refractivity contribution in [2.75, 3.05) is 11.9 Å². The number of rotatable bonds is 5. The number of anilines is 1. The Morgan fingerprint density at radius 3 is 2.55 bits per heavy atom. The Hall–Kier alpha value is -2.15. The van der Waals surface area contributed by atoms with Crippen molar-refractivity contribution >= 4 is 34.9 Å². The fourth-order valence-corrected chi connectivity index (χ4v) is 1.80. The van der Waals surface area contributed by atoms with Crippen LogP contribution in [0.3, 0.4) is 0 Å². The Morgan fingerprint density at radius 1 is 1.40 bits per heavy atom. The fraction of sp³-hybridized carbons (Fsp3) is 0.333. The van der Waals surface area contributed by atoms with Gasteiger partial charge in [-0.3, -0.25) is 19.7 Å². The number of halogens is 1. The number of hydrogen-bond donors (Lipinski definition) is 1. The van der Waals surface area contributed by atoms with Crippen LogP contribution in [0.1, 0.15) is 19.4 Å². The lowest BCUT2D eigenvalue weighted by Gasteiger charge is -2.11. The van der Waals surface area contributed by atoms with Gasteiger partial charge < -0.3 is 10.1 Å². The predicted molar refractivity (Wildman–Crippen MR) is 72.7 cm³/mol. The van der Waals surface area contributed by atoms with E-state index >= 15 is 0 Å². The smallest absolute Gasteiger partial charge is 0.302 e. The first kappa shape index (κ1) is 15.9. The van der Waals surface area contributed by atoms with E-state index in [1.54, 1.807) is 0 Å². The highest BCUT2D eigenvalue weighted by molar-refractivity contribution is 6.33. The van der Waals surface area contributed by atoms with Crippen molar-refractivity contribution in [3.63, 3.8) is 0 Å². The van der Waals surface area contributed by atoms with Gasteiger partial charge in [-0.1, -0.05) is 11.6 Å². The highest BCUT2D eigenvalue weighted by Crippen LogP contribution is 2.31. The number of esters is 1. The van der Waals surface area contributed by atoms with Crippen LogP contribution in [0.2, 0.25) is 5.02 Å². The van der Waals surface area contributed by atoms with E-state index in [4.69, 9.17) is 16.3 Å². The largest absolute Gasteiger partial charge is 0.466 e. The molecule has 0 atom stereocenters. The zero-order chi connectivity index (χ0) is 15.3. The Kier molecular flexibility index (Phi) is 5.45. The van der Waals surface area contributed by atoms with E-state index in [1.165, 1.54) is 26.0 Å². The minimum absolute atomic E-state index is 0.0563. The maximum atomic E-state index is 11.1. The molecular weight excluding hydrogens is 288 g/mol. The molecule has 1 amide bonds.